The van der Waals surface area contributed by atoms with Crippen molar-refractivity contribution >= 4 is 10.9 Å². The van der Waals surface area contributed by atoms with Crippen LogP contribution >= 0.6 is 0 Å². The molecule has 0 spiro atoms. The van der Waals surface area contributed by atoms with Gasteiger partial charge in [0.2, 0.25) is 5.89 Å². The summed E-state index contributed by atoms with van der Waals surface area (Å²) in [5, 5.41) is -0.440. The second kappa shape index (κ2) is 3.66. The molecule has 0 radical (unpaired) electrons. The maximum atomic E-state index is 13.3. The van der Waals surface area contributed by atoms with Crippen LogP contribution in [0, 0.1) is 11.6 Å². The van der Waals surface area contributed by atoms with Gasteiger partial charge in [0.15, 0.2) is 11.6 Å². The zero-order valence-corrected chi connectivity index (χ0v) is 8.75. The van der Waals surface area contributed by atoms with Crippen LogP contribution < -0.4 is 5.63 Å². The Balaban J connectivity index is 2.87. The SMILES string of the molecule is CC(C)c1nc2ccc(F)c(F)c2c(=O)o1. The Morgan fingerprint density at radius 2 is 2.00 bits per heavy atom. The number of nitrogens with zero attached hydrogens (tertiary/aromatic N) is 1. The molecule has 0 aliphatic rings. The minimum Gasteiger partial charge on any atom is -0.408 e. The maximum absolute atomic E-state index is 13.3. The van der Waals surface area contributed by atoms with Crippen molar-refractivity contribution in [3.8, 4) is 0 Å². The van der Waals surface area contributed by atoms with Crippen molar-refractivity contribution < 1.29 is 13.2 Å². The summed E-state index contributed by atoms with van der Waals surface area (Å²) in [5.41, 5.74) is -0.787. The van der Waals surface area contributed by atoms with E-state index in [0.29, 0.717) is 0 Å². The number of hydrogen-bond donors (Lipinski definition) is 0. The minimum atomic E-state index is -1.21. The van der Waals surface area contributed by atoms with Crippen LogP contribution in [0.15, 0.2) is 21.3 Å². The lowest BCUT2D eigenvalue weighted by Gasteiger charge is -2.04. The van der Waals surface area contributed by atoms with Gasteiger partial charge in [0, 0.05) is 5.92 Å². The molecular weight excluding hydrogens is 216 g/mol. The predicted octanol–water partition coefficient (Wildman–Crippen LogP) is 2.59. The lowest BCUT2D eigenvalue weighted by molar-refractivity contribution is 0.420. The van der Waals surface area contributed by atoms with Gasteiger partial charge in [-0.25, -0.2) is 18.6 Å². The highest BCUT2D eigenvalue weighted by atomic mass is 19.2. The predicted molar refractivity (Wildman–Crippen MR) is 54.3 cm³/mol. The standard InChI is InChI=1S/C11H9F2NO2/c1-5(2)10-14-7-4-3-6(12)9(13)8(7)11(15)16-10/h3-5H,1-2H3. The van der Waals surface area contributed by atoms with Crippen LogP contribution in [0.3, 0.4) is 0 Å². The summed E-state index contributed by atoms with van der Waals surface area (Å²) in [5.74, 6) is -2.18. The number of benzene rings is 1. The summed E-state index contributed by atoms with van der Waals surface area (Å²) in [6.45, 7) is 3.58. The third-order valence-corrected chi connectivity index (χ3v) is 2.20. The Morgan fingerprint density at radius 1 is 1.31 bits per heavy atom. The van der Waals surface area contributed by atoms with E-state index in [2.05, 4.69) is 4.98 Å². The molecule has 2 aromatic rings. The van der Waals surface area contributed by atoms with Crippen LogP contribution in [0.1, 0.15) is 25.7 Å². The number of halogens is 2. The summed E-state index contributed by atoms with van der Waals surface area (Å²) < 4.78 is 31.0. The smallest absolute Gasteiger partial charge is 0.349 e. The summed E-state index contributed by atoms with van der Waals surface area (Å²) in [6, 6.07) is 2.20. The fraction of sp³-hybridized carbons (Fsp3) is 0.273. The van der Waals surface area contributed by atoms with Crippen LogP contribution in [0.4, 0.5) is 8.78 Å². The van der Waals surface area contributed by atoms with E-state index in [1.165, 1.54) is 6.07 Å². The Kier molecular flexibility index (Phi) is 2.46. The monoisotopic (exact) mass is 225 g/mol. The van der Waals surface area contributed by atoms with Crippen LogP contribution in [0.5, 0.6) is 0 Å². The topological polar surface area (TPSA) is 43.1 Å². The maximum Gasteiger partial charge on any atom is 0.349 e. The third-order valence-electron chi connectivity index (χ3n) is 2.20. The molecule has 0 saturated heterocycles. The Morgan fingerprint density at radius 3 is 2.62 bits per heavy atom. The van der Waals surface area contributed by atoms with Gasteiger partial charge in [0.25, 0.3) is 0 Å². The molecule has 16 heavy (non-hydrogen) atoms. The molecular formula is C11H9F2NO2. The van der Waals surface area contributed by atoms with Gasteiger partial charge in [-0.1, -0.05) is 13.8 Å². The second-order valence-corrected chi connectivity index (χ2v) is 3.75. The first-order chi connectivity index (χ1) is 7.50. The van der Waals surface area contributed by atoms with E-state index in [1.54, 1.807) is 13.8 Å². The first-order valence-corrected chi connectivity index (χ1v) is 4.79. The minimum absolute atomic E-state index is 0.0924. The number of fused-ring (bicyclic) bond motifs is 1. The molecule has 2 rings (SSSR count). The zero-order chi connectivity index (χ0) is 11.9. The normalized spacial score (nSPS) is 11.3. The summed E-state index contributed by atoms with van der Waals surface area (Å²) in [4.78, 5) is 15.4. The van der Waals surface area contributed by atoms with E-state index in [-0.39, 0.29) is 17.3 Å². The quantitative estimate of drug-likeness (QED) is 0.749. The number of rotatable bonds is 1. The molecule has 0 amide bonds. The fourth-order valence-corrected chi connectivity index (χ4v) is 1.36. The molecule has 3 nitrogen and oxygen atoms in total. The van der Waals surface area contributed by atoms with Crippen molar-refractivity contribution in [3.05, 3.63) is 40.1 Å². The van der Waals surface area contributed by atoms with E-state index < -0.39 is 22.6 Å². The Labute approximate surface area is 89.7 Å². The summed E-state index contributed by atoms with van der Waals surface area (Å²) >= 11 is 0. The van der Waals surface area contributed by atoms with Crippen molar-refractivity contribution in [3.63, 3.8) is 0 Å². The van der Waals surface area contributed by atoms with Gasteiger partial charge in [-0.2, -0.15) is 0 Å². The van der Waals surface area contributed by atoms with E-state index in [9.17, 15) is 13.6 Å². The van der Waals surface area contributed by atoms with Gasteiger partial charge in [-0.15, -0.1) is 0 Å². The molecule has 0 aliphatic heterocycles. The molecule has 0 aliphatic carbocycles. The van der Waals surface area contributed by atoms with Crippen LogP contribution in [0.25, 0.3) is 10.9 Å². The molecule has 0 unspecified atom stereocenters. The van der Waals surface area contributed by atoms with Crippen molar-refractivity contribution in [2.75, 3.05) is 0 Å². The molecule has 84 valence electrons. The molecule has 0 atom stereocenters. The zero-order valence-electron chi connectivity index (χ0n) is 8.75. The van der Waals surface area contributed by atoms with Crippen LogP contribution in [0.2, 0.25) is 0 Å². The van der Waals surface area contributed by atoms with Crippen molar-refractivity contribution in [1.82, 2.24) is 4.98 Å². The van der Waals surface area contributed by atoms with Gasteiger partial charge in [-0.05, 0) is 12.1 Å². The van der Waals surface area contributed by atoms with Crippen molar-refractivity contribution in [1.29, 1.82) is 0 Å². The van der Waals surface area contributed by atoms with Crippen LogP contribution in [-0.4, -0.2) is 4.98 Å². The highest BCUT2D eigenvalue weighted by Crippen LogP contribution is 2.18. The molecule has 0 N–H and O–H groups in total. The summed E-state index contributed by atoms with van der Waals surface area (Å²) in [6.07, 6.45) is 0. The lowest BCUT2D eigenvalue weighted by atomic mass is 10.2. The molecule has 5 heteroatoms. The third kappa shape index (κ3) is 1.58. The molecule has 1 aromatic carbocycles. The van der Waals surface area contributed by atoms with Gasteiger partial charge in [0.1, 0.15) is 5.39 Å². The van der Waals surface area contributed by atoms with Gasteiger partial charge in [0.05, 0.1) is 5.52 Å². The van der Waals surface area contributed by atoms with E-state index in [0.717, 1.165) is 6.07 Å². The van der Waals surface area contributed by atoms with Gasteiger partial charge < -0.3 is 4.42 Å². The first-order valence-electron chi connectivity index (χ1n) is 4.79. The van der Waals surface area contributed by atoms with E-state index in [4.69, 9.17) is 4.42 Å². The van der Waals surface area contributed by atoms with Crippen LogP contribution in [-0.2, 0) is 0 Å². The Bertz CT molecular complexity index is 605. The molecule has 0 saturated carbocycles. The fourth-order valence-electron chi connectivity index (χ4n) is 1.36. The average Bonchev–Trinajstić information content (AvgIpc) is 2.22. The van der Waals surface area contributed by atoms with Crippen molar-refractivity contribution in [2.24, 2.45) is 0 Å². The first kappa shape index (κ1) is 10.7. The largest absolute Gasteiger partial charge is 0.408 e. The molecule has 0 bridgehead atoms. The molecule has 1 heterocycles. The number of hydrogen-bond acceptors (Lipinski definition) is 3. The van der Waals surface area contributed by atoms with Crippen molar-refractivity contribution in [2.45, 2.75) is 19.8 Å². The number of aromatic nitrogens is 1. The van der Waals surface area contributed by atoms with E-state index in [1.807, 2.05) is 0 Å². The van der Waals surface area contributed by atoms with Gasteiger partial charge in [-0.3, -0.25) is 0 Å². The van der Waals surface area contributed by atoms with Gasteiger partial charge >= 0.3 is 5.63 Å². The highest BCUT2D eigenvalue weighted by Gasteiger charge is 2.15. The highest BCUT2D eigenvalue weighted by molar-refractivity contribution is 5.77. The Hall–Kier alpha value is -1.78. The van der Waals surface area contributed by atoms with E-state index >= 15 is 0 Å². The summed E-state index contributed by atoms with van der Waals surface area (Å²) in [7, 11) is 0. The molecule has 1 aromatic heterocycles. The average molecular weight is 225 g/mol. The lowest BCUT2D eigenvalue weighted by Crippen LogP contribution is -2.08. The second-order valence-electron chi connectivity index (χ2n) is 3.75. The molecule has 0 fully saturated rings.